The molecule has 0 heterocycles. The van der Waals surface area contributed by atoms with Crippen LogP contribution in [0.2, 0.25) is 15.1 Å². The smallest absolute Gasteiger partial charge is 0.242 e. The van der Waals surface area contributed by atoms with E-state index in [1.54, 1.807) is 50.2 Å². The van der Waals surface area contributed by atoms with Crippen LogP contribution in [-0.4, -0.2) is 50.5 Å². The van der Waals surface area contributed by atoms with Crippen LogP contribution in [0.4, 0.5) is 5.69 Å². The molecule has 0 bridgehead atoms. The predicted molar refractivity (Wildman–Crippen MR) is 152 cm³/mol. The summed E-state index contributed by atoms with van der Waals surface area (Å²) in [6.07, 6.45) is 3.18. The molecule has 204 valence electrons. The van der Waals surface area contributed by atoms with Gasteiger partial charge in [-0.05, 0) is 62.1 Å². The van der Waals surface area contributed by atoms with E-state index >= 15 is 0 Å². The number of carbonyl (C=O) groups excluding carboxylic acids is 2. The summed E-state index contributed by atoms with van der Waals surface area (Å²) in [6, 6.07) is 9.37. The molecule has 1 N–H and O–H groups in total. The first-order valence-corrected chi connectivity index (χ1v) is 15.1. The number of hydrogen-bond acceptors (Lipinski definition) is 4. The van der Waals surface area contributed by atoms with Gasteiger partial charge in [-0.3, -0.25) is 13.9 Å². The van der Waals surface area contributed by atoms with E-state index in [9.17, 15) is 18.0 Å². The van der Waals surface area contributed by atoms with Gasteiger partial charge >= 0.3 is 0 Å². The monoisotopic (exact) mass is 589 g/mol. The van der Waals surface area contributed by atoms with Crippen molar-refractivity contribution in [2.45, 2.75) is 59.0 Å². The quantitative estimate of drug-likeness (QED) is 0.297. The summed E-state index contributed by atoms with van der Waals surface area (Å²) in [7, 11) is -3.62. The van der Waals surface area contributed by atoms with Crippen LogP contribution in [0.1, 0.15) is 50.7 Å². The summed E-state index contributed by atoms with van der Waals surface area (Å²) >= 11 is 18.3. The van der Waals surface area contributed by atoms with E-state index in [4.69, 9.17) is 34.8 Å². The topological polar surface area (TPSA) is 86.8 Å². The Bertz CT molecular complexity index is 1210. The second-order valence-corrected chi connectivity index (χ2v) is 12.1. The molecule has 0 fully saturated rings. The van der Waals surface area contributed by atoms with Crippen molar-refractivity contribution in [2.24, 2.45) is 0 Å². The van der Waals surface area contributed by atoms with Gasteiger partial charge < -0.3 is 10.2 Å². The summed E-state index contributed by atoms with van der Waals surface area (Å²) in [6.45, 7) is 6.27. The lowest BCUT2D eigenvalue weighted by molar-refractivity contribution is -0.140. The van der Waals surface area contributed by atoms with Gasteiger partial charge in [0, 0.05) is 31.1 Å². The maximum absolute atomic E-state index is 13.4. The van der Waals surface area contributed by atoms with E-state index in [0.717, 1.165) is 30.2 Å². The van der Waals surface area contributed by atoms with E-state index in [1.165, 1.54) is 9.21 Å². The van der Waals surface area contributed by atoms with E-state index in [-0.39, 0.29) is 37.7 Å². The maximum Gasteiger partial charge on any atom is 0.242 e. The van der Waals surface area contributed by atoms with Crippen molar-refractivity contribution >= 4 is 62.3 Å². The minimum Gasteiger partial charge on any atom is -0.354 e. The van der Waals surface area contributed by atoms with Crippen LogP contribution in [0.3, 0.4) is 0 Å². The Morgan fingerprint density at radius 3 is 2.35 bits per heavy atom. The Balaban J connectivity index is 2.21. The van der Waals surface area contributed by atoms with Crippen molar-refractivity contribution in [3.63, 3.8) is 0 Å². The van der Waals surface area contributed by atoms with Gasteiger partial charge in [-0.15, -0.1) is 0 Å². The SMILES string of the molecule is CCCCNC(=O)[C@H](C)N(Cc1ccc(Cl)c(Cl)c1)C(=O)CCCN(c1cc(Cl)ccc1C)S(C)(=O)=O. The zero-order valence-electron chi connectivity index (χ0n) is 21.6. The number of rotatable bonds is 13. The largest absolute Gasteiger partial charge is 0.354 e. The van der Waals surface area contributed by atoms with Gasteiger partial charge in [0.2, 0.25) is 21.8 Å². The number of nitrogens with one attached hydrogen (secondary N) is 1. The third kappa shape index (κ3) is 9.36. The second kappa shape index (κ2) is 14.2. The molecule has 0 saturated heterocycles. The third-order valence-corrected chi connectivity index (χ3v) is 8.08. The molecule has 0 radical (unpaired) electrons. The van der Waals surface area contributed by atoms with Gasteiger partial charge in [0.05, 0.1) is 22.0 Å². The zero-order chi connectivity index (χ0) is 27.8. The molecule has 2 aromatic carbocycles. The first-order valence-electron chi connectivity index (χ1n) is 12.1. The summed E-state index contributed by atoms with van der Waals surface area (Å²) in [5, 5.41) is 4.04. The van der Waals surface area contributed by atoms with Crippen LogP contribution in [0.5, 0.6) is 0 Å². The lowest BCUT2D eigenvalue weighted by Gasteiger charge is -2.30. The number of nitrogens with zero attached hydrogens (tertiary/aromatic N) is 2. The molecule has 0 spiro atoms. The second-order valence-electron chi connectivity index (χ2n) is 8.96. The molecule has 2 amide bonds. The minimum absolute atomic E-state index is 0.0412. The average Bonchev–Trinajstić information content (AvgIpc) is 2.83. The number of carbonyl (C=O) groups is 2. The fourth-order valence-electron chi connectivity index (χ4n) is 3.79. The van der Waals surface area contributed by atoms with Gasteiger partial charge in [0.1, 0.15) is 6.04 Å². The molecule has 2 aromatic rings. The molecular formula is C26H34Cl3N3O4S. The van der Waals surface area contributed by atoms with Crippen molar-refractivity contribution in [3.8, 4) is 0 Å². The molecule has 0 unspecified atom stereocenters. The molecule has 7 nitrogen and oxygen atoms in total. The number of unbranched alkanes of at least 4 members (excludes halogenated alkanes) is 1. The standard InChI is InChI=1S/C26H34Cl3N3O4S/c1-5-6-13-30-26(34)19(3)31(17-20-10-12-22(28)23(29)15-20)25(33)8-7-14-32(37(4,35)36)24-16-21(27)11-9-18(24)2/h9-12,15-16,19H,5-8,13-14,17H2,1-4H3,(H,30,34)/t19-/m0/s1. The number of benzene rings is 2. The van der Waals surface area contributed by atoms with Crippen molar-refractivity contribution in [1.29, 1.82) is 0 Å². The van der Waals surface area contributed by atoms with E-state index in [0.29, 0.717) is 27.3 Å². The van der Waals surface area contributed by atoms with Crippen LogP contribution in [0, 0.1) is 6.92 Å². The summed E-state index contributed by atoms with van der Waals surface area (Å²) < 4.78 is 26.3. The van der Waals surface area contributed by atoms with Crippen LogP contribution in [0.15, 0.2) is 36.4 Å². The highest BCUT2D eigenvalue weighted by atomic mass is 35.5. The summed E-state index contributed by atoms with van der Waals surface area (Å²) in [5.74, 6) is -0.533. The number of anilines is 1. The van der Waals surface area contributed by atoms with E-state index < -0.39 is 16.1 Å². The molecule has 0 aliphatic rings. The highest BCUT2D eigenvalue weighted by Gasteiger charge is 2.27. The fraction of sp³-hybridized carbons (Fsp3) is 0.462. The normalized spacial score (nSPS) is 12.2. The Labute approximate surface area is 235 Å². The number of aryl methyl sites for hydroxylation is 1. The number of hydrogen-bond donors (Lipinski definition) is 1. The molecule has 11 heteroatoms. The van der Waals surface area contributed by atoms with Gasteiger partial charge in [0.15, 0.2) is 0 Å². The molecule has 0 aromatic heterocycles. The summed E-state index contributed by atoms with van der Waals surface area (Å²) in [4.78, 5) is 27.6. The number of halogens is 3. The average molecular weight is 591 g/mol. The van der Waals surface area contributed by atoms with Gasteiger partial charge in [0.25, 0.3) is 0 Å². The summed E-state index contributed by atoms with van der Waals surface area (Å²) in [5.41, 5.74) is 1.95. The minimum atomic E-state index is -3.62. The van der Waals surface area contributed by atoms with Crippen LogP contribution in [-0.2, 0) is 26.2 Å². The van der Waals surface area contributed by atoms with Gasteiger partial charge in [-0.2, -0.15) is 0 Å². The van der Waals surface area contributed by atoms with Crippen molar-refractivity contribution < 1.29 is 18.0 Å². The molecule has 0 aliphatic carbocycles. The Kier molecular flexibility index (Phi) is 12.0. The number of sulfonamides is 1. The van der Waals surface area contributed by atoms with Crippen LogP contribution in [0.25, 0.3) is 0 Å². The Morgan fingerprint density at radius 2 is 1.73 bits per heavy atom. The van der Waals surface area contributed by atoms with Crippen LogP contribution >= 0.6 is 34.8 Å². The van der Waals surface area contributed by atoms with Crippen molar-refractivity contribution in [1.82, 2.24) is 10.2 Å². The lowest BCUT2D eigenvalue weighted by Crippen LogP contribution is -2.48. The molecule has 0 saturated carbocycles. The van der Waals surface area contributed by atoms with Crippen molar-refractivity contribution in [2.75, 3.05) is 23.7 Å². The zero-order valence-corrected chi connectivity index (χ0v) is 24.6. The first-order chi connectivity index (χ1) is 17.3. The molecular weight excluding hydrogens is 557 g/mol. The molecule has 2 rings (SSSR count). The molecule has 0 aliphatic heterocycles. The van der Waals surface area contributed by atoms with Gasteiger partial charge in [-0.25, -0.2) is 8.42 Å². The highest BCUT2D eigenvalue weighted by Crippen LogP contribution is 2.27. The predicted octanol–water partition coefficient (Wildman–Crippen LogP) is 5.84. The van der Waals surface area contributed by atoms with Gasteiger partial charge in [-0.1, -0.05) is 60.3 Å². The molecule has 1 atom stereocenters. The Hall–Kier alpha value is -2.00. The Morgan fingerprint density at radius 1 is 1.03 bits per heavy atom. The highest BCUT2D eigenvalue weighted by molar-refractivity contribution is 7.92. The number of amides is 2. The van der Waals surface area contributed by atoms with Crippen molar-refractivity contribution in [3.05, 3.63) is 62.6 Å². The maximum atomic E-state index is 13.4. The lowest BCUT2D eigenvalue weighted by atomic mass is 10.1. The van der Waals surface area contributed by atoms with Crippen LogP contribution < -0.4 is 9.62 Å². The third-order valence-electron chi connectivity index (χ3n) is 5.93. The van der Waals surface area contributed by atoms with E-state index in [2.05, 4.69) is 5.32 Å². The fourth-order valence-corrected chi connectivity index (χ4v) is 5.29. The first kappa shape index (κ1) is 31.2. The molecule has 37 heavy (non-hydrogen) atoms. The van der Waals surface area contributed by atoms with E-state index in [1.807, 2.05) is 6.92 Å².